The van der Waals surface area contributed by atoms with Crippen LogP contribution >= 0.6 is 0 Å². The minimum absolute atomic E-state index is 0.345. The Bertz CT molecular complexity index is 222. The van der Waals surface area contributed by atoms with E-state index in [4.69, 9.17) is 0 Å². The number of carboxylic acids is 1. The van der Waals surface area contributed by atoms with E-state index in [1.807, 2.05) is 0 Å². The molecule has 0 heterocycles. The Kier molecular flexibility index (Phi) is 1.90. The van der Waals surface area contributed by atoms with E-state index >= 15 is 0 Å². The Balaban J connectivity index is 2.08. The van der Waals surface area contributed by atoms with Crippen molar-refractivity contribution in [3.8, 4) is 0 Å². The summed E-state index contributed by atoms with van der Waals surface area (Å²) in [6.45, 7) is 4.24. The number of carbonyl (C=O) groups is 1. The first-order valence-electron chi connectivity index (χ1n) is 5.27. The van der Waals surface area contributed by atoms with Crippen LogP contribution in [0.25, 0.3) is 0 Å². The molecule has 0 aliphatic heterocycles. The summed E-state index contributed by atoms with van der Waals surface area (Å²) in [7, 11) is 0. The summed E-state index contributed by atoms with van der Waals surface area (Å²) in [6.07, 6.45) is 4.07. The zero-order valence-electron chi connectivity index (χ0n) is 8.42. The Morgan fingerprint density at radius 1 is 1.46 bits per heavy atom. The van der Waals surface area contributed by atoms with E-state index in [9.17, 15) is 9.90 Å². The molecule has 2 fully saturated rings. The monoisotopic (exact) mass is 182 g/mol. The van der Waals surface area contributed by atoms with Crippen LogP contribution < -0.4 is 0 Å². The Labute approximate surface area is 79.3 Å². The second-order valence-corrected chi connectivity index (χ2v) is 5.35. The van der Waals surface area contributed by atoms with Crippen molar-refractivity contribution < 1.29 is 9.90 Å². The molecule has 0 aromatic rings. The topological polar surface area (TPSA) is 37.3 Å². The summed E-state index contributed by atoms with van der Waals surface area (Å²) in [6, 6.07) is 0. The van der Waals surface area contributed by atoms with Gasteiger partial charge in [0, 0.05) is 0 Å². The maximum Gasteiger partial charge on any atom is 0.309 e. The fraction of sp³-hybridized carbons (Fsp3) is 0.909. The van der Waals surface area contributed by atoms with Crippen molar-refractivity contribution in [2.45, 2.75) is 39.5 Å². The highest BCUT2D eigenvalue weighted by atomic mass is 16.4. The first-order chi connectivity index (χ1) is 6.03. The van der Waals surface area contributed by atoms with E-state index in [1.165, 1.54) is 6.42 Å². The minimum atomic E-state index is -0.548. The maximum atomic E-state index is 11.2. The molecule has 0 saturated heterocycles. The van der Waals surface area contributed by atoms with Crippen molar-refractivity contribution >= 4 is 5.97 Å². The molecule has 2 nitrogen and oxygen atoms in total. The molecule has 2 aliphatic rings. The molecule has 2 saturated carbocycles. The summed E-state index contributed by atoms with van der Waals surface area (Å²) in [4.78, 5) is 11.2. The molecule has 0 bridgehead atoms. The average Bonchev–Trinajstić information content (AvgIpc) is 2.58. The lowest BCUT2D eigenvalue weighted by atomic mass is 9.76. The van der Waals surface area contributed by atoms with Crippen molar-refractivity contribution in [3.63, 3.8) is 0 Å². The molecule has 0 aromatic carbocycles. The second kappa shape index (κ2) is 2.73. The van der Waals surface area contributed by atoms with E-state index in [0.717, 1.165) is 31.1 Å². The van der Waals surface area contributed by atoms with Gasteiger partial charge < -0.3 is 5.11 Å². The van der Waals surface area contributed by atoms with Crippen molar-refractivity contribution in [1.82, 2.24) is 0 Å². The normalized spacial score (nSPS) is 42.1. The Morgan fingerprint density at radius 3 is 2.38 bits per heavy atom. The molecule has 0 spiro atoms. The summed E-state index contributed by atoms with van der Waals surface area (Å²) >= 11 is 0. The van der Waals surface area contributed by atoms with Gasteiger partial charge in [-0.05, 0) is 43.4 Å². The largest absolute Gasteiger partial charge is 0.481 e. The third-order valence-corrected chi connectivity index (χ3v) is 3.63. The van der Waals surface area contributed by atoms with Gasteiger partial charge in [0.15, 0.2) is 0 Å². The molecule has 2 rings (SSSR count). The Hall–Kier alpha value is -0.530. The fourth-order valence-corrected chi connectivity index (χ4v) is 3.11. The summed E-state index contributed by atoms with van der Waals surface area (Å²) in [5.41, 5.74) is -0.345. The predicted molar refractivity (Wildman–Crippen MR) is 50.4 cm³/mol. The number of hydrogen-bond donors (Lipinski definition) is 1. The molecule has 74 valence electrons. The first-order valence-corrected chi connectivity index (χ1v) is 5.27. The average molecular weight is 182 g/mol. The van der Waals surface area contributed by atoms with Gasteiger partial charge in [-0.2, -0.15) is 0 Å². The standard InChI is InChI=1S/C11H18O2/c1-7(2)4-11(10(12)13)5-8-3-9(8)6-11/h7-9H,3-6H2,1-2H3,(H,12,13). The van der Waals surface area contributed by atoms with Crippen LogP contribution in [0.1, 0.15) is 39.5 Å². The summed E-state index contributed by atoms with van der Waals surface area (Å²) in [5, 5.41) is 9.25. The summed E-state index contributed by atoms with van der Waals surface area (Å²) < 4.78 is 0. The predicted octanol–water partition coefficient (Wildman–Crippen LogP) is 2.53. The van der Waals surface area contributed by atoms with Crippen LogP contribution in [-0.2, 0) is 4.79 Å². The third-order valence-electron chi connectivity index (χ3n) is 3.63. The molecule has 0 radical (unpaired) electrons. The highest BCUT2D eigenvalue weighted by molar-refractivity contribution is 5.75. The zero-order valence-corrected chi connectivity index (χ0v) is 8.42. The van der Waals surface area contributed by atoms with E-state index in [1.54, 1.807) is 0 Å². The molecular weight excluding hydrogens is 164 g/mol. The number of rotatable bonds is 3. The van der Waals surface area contributed by atoms with Crippen molar-refractivity contribution in [2.24, 2.45) is 23.2 Å². The van der Waals surface area contributed by atoms with Crippen LogP contribution in [0.4, 0.5) is 0 Å². The van der Waals surface area contributed by atoms with Gasteiger partial charge in [-0.25, -0.2) is 0 Å². The van der Waals surface area contributed by atoms with Crippen LogP contribution in [0.3, 0.4) is 0 Å². The molecule has 2 heteroatoms. The number of hydrogen-bond acceptors (Lipinski definition) is 1. The smallest absolute Gasteiger partial charge is 0.309 e. The number of fused-ring (bicyclic) bond motifs is 1. The van der Waals surface area contributed by atoms with E-state index in [0.29, 0.717) is 5.92 Å². The Morgan fingerprint density at radius 2 is 2.00 bits per heavy atom. The van der Waals surface area contributed by atoms with E-state index in [2.05, 4.69) is 13.8 Å². The number of carboxylic acid groups (broad SMARTS) is 1. The van der Waals surface area contributed by atoms with E-state index < -0.39 is 5.97 Å². The highest BCUT2D eigenvalue weighted by Crippen LogP contribution is 2.61. The van der Waals surface area contributed by atoms with Crippen LogP contribution in [0.2, 0.25) is 0 Å². The molecule has 13 heavy (non-hydrogen) atoms. The molecule has 2 aliphatic carbocycles. The van der Waals surface area contributed by atoms with Gasteiger partial charge in [-0.1, -0.05) is 13.8 Å². The SMILES string of the molecule is CC(C)CC1(C(=O)O)CC2CC2C1. The van der Waals surface area contributed by atoms with E-state index in [-0.39, 0.29) is 5.41 Å². The summed E-state index contributed by atoms with van der Waals surface area (Å²) in [5.74, 6) is 1.48. The second-order valence-electron chi connectivity index (χ2n) is 5.35. The van der Waals surface area contributed by atoms with Crippen LogP contribution in [0.15, 0.2) is 0 Å². The van der Waals surface area contributed by atoms with Gasteiger partial charge >= 0.3 is 5.97 Å². The third kappa shape index (κ3) is 1.47. The molecule has 2 atom stereocenters. The molecule has 2 unspecified atom stereocenters. The molecule has 1 N–H and O–H groups in total. The van der Waals surface area contributed by atoms with Crippen molar-refractivity contribution in [2.75, 3.05) is 0 Å². The van der Waals surface area contributed by atoms with Gasteiger partial charge in [0.2, 0.25) is 0 Å². The molecular formula is C11H18O2. The van der Waals surface area contributed by atoms with Gasteiger partial charge in [0.05, 0.1) is 5.41 Å². The van der Waals surface area contributed by atoms with Crippen molar-refractivity contribution in [1.29, 1.82) is 0 Å². The van der Waals surface area contributed by atoms with Gasteiger partial charge in [0.25, 0.3) is 0 Å². The number of aliphatic carboxylic acids is 1. The lowest BCUT2D eigenvalue weighted by molar-refractivity contribution is -0.150. The van der Waals surface area contributed by atoms with Crippen molar-refractivity contribution in [3.05, 3.63) is 0 Å². The quantitative estimate of drug-likeness (QED) is 0.728. The molecule has 0 amide bonds. The van der Waals surface area contributed by atoms with Gasteiger partial charge in [-0.3, -0.25) is 4.79 Å². The van der Waals surface area contributed by atoms with Gasteiger partial charge in [-0.15, -0.1) is 0 Å². The first kappa shape index (κ1) is 9.04. The zero-order chi connectivity index (χ0) is 9.64. The fourth-order valence-electron chi connectivity index (χ4n) is 3.11. The van der Waals surface area contributed by atoms with Gasteiger partial charge in [0.1, 0.15) is 0 Å². The lowest BCUT2D eigenvalue weighted by Gasteiger charge is -2.27. The van der Waals surface area contributed by atoms with Crippen LogP contribution in [0, 0.1) is 23.2 Å². The highest BCUT2D eigenvalue weighted by Gasteiger charge is 2.57. The van der Waals surface area contributed by atoms with Crippen LogP contribution in [0.5, 0.6) is 0 Å². The maximum absolute atomic E-state index is 11.2. The molecule has 0 aromatic heterocycles. The van der Waals surface area contributed by atoms with Crippen LogP contribution in [-0.4, -0.2) is 11.1 Å². The lowest BCUT2D eigenvalue weighted by Crippen LogP contribution is -2.31. The minimum Gasteiger partial charge on any atom is -0.481 e.